The van der Waals surface area contributed by atoms with Gasteiger partial charge in [-0.1, -0.05) is 12.1 Å². The van der Waals surface area contributed by atoms with E-state index in [1.165, 1.54) is 0 Å². The van der Waals surface area contributed by atoms with Crippen LogP contribution in [-0.4, -0.2) is 34.8 Å². The number of fused-ring (bicyclic) bond motifs is 1. The van der Waals surface area contributed by atoms with E-state index in [-0.39, 0.29) is 6.61 Å². The third-order valence-electron chi connectivity index (χ3n) is 2.44. The van der Waals surface area contributed by atoms with Crippen LogP contribution in [0.25, 0.3) is 10.9 Å². The average Bonchev–Trinajstić information content (AvgIpc) is 2.39. The normalized spacial score (nSPS) is 10.6. The molecular formula is C13H17N3O2. The summed E-state index contributed by atoms with van der Waals surface area (Å²) in [4.78, 5) is 8.74. The summed E-state index contributed by atoms with van der Waals surface area (Å²) in [5.74, 6) is 1.13. The van der Waals surface area contributed by atoms with Crippen LogP contribution in [-0.2, 0) is 0 Å². The van der Waals surface area contributed by atoms with Gasteiger partial charge < -0.3 is 15.2 Å². The lowest BCUT2D eigenvalue weighted by Gasteiger charge is -2.10. The van der Waals surface area contributed by atoms with Crippen molar-refractivity contribution in [1.29, 1.82) is 0 Å². The molecule has 2 N–H and O–H groups in total. The molecule has 1 heterocycles. The Hall–Kier alpha value is -1.88. The third-order valence-corrected chi connectivity index (χ3v) is 2.44. The highest BCUT2D eigenvalue weighted by Crippen LogP contribution is 2.23. The lowest BCUT2D eigenvalue weighted by Crippen LogP contribution is -2.06. The predicted octanol–water partition coefficient (Wildman–Crippen LogP) is 1.82. The first-order valence-electron chi connectivity index (χ1n) is 6.09. The Morgan fingerprint density at radius 1 is 1.28 bits per heavy atom. The number of hydrogen-bond donors (Lipinski definition) is 2. The lowest BCUT2D eigenvalue weighted by atomic mass is 10.2. The van der Waals surface area contributed by atoms with Crippen LogP contribution >= 0.6 is 0 Å². The van der Waals surface area contributed by atoms with Crippen molar-refractivity contribution in [1.82, 2.24) is 9.97 Å². The molecule has 18 heavy (non-hydrogen) atoms. The van der Waals surface area contributed by atoms with E-state index in [4.69, 9.17) is 9.84 Å². The number of benzene rings is 1. The van der Waals surface area contributed by atoms with Gasteiger partial charge in [0.15, 0.2) is 0 Å². The van der Waals surface area contributed by atoms with Gasteiger partial charge in [0, 0.05) is 19.6 Å². The number of anilines is 1. The molecule has 5 nitrogen and oxygen atoms in total. The summed E-state index contributed by atoms with van der Waals surface area (Å²) in [6.45, 7) is 3.31. The fourth-order valence-electron chi connectivity index (χ4n) is 1.63. The van der Waals surface area contributed by atoms with Gasteiger partial charge >= 0.3 is 0 Å². The van der Waals surface area contributed by atoms with E-state index < -0.39 is 0 Å². The number of rotatable bonds is 6. The summed E-state index contributed by atoms with van der Waals surface area (Å²) in [6, 6.07) is 7.72. The highest BCUT2D eigenvalue weighted by Gasteiger charge is 2.07. The molecule has 0 saturated heterocycles. The van der Waals surface area contributed by atoms with Crippen molar-refractivity contribution in [3.63, 3.8) is 0 Å². The van der Waals surface area contributed by atoms with Crippen molar-refractivity contribution >= 4 is 16.9 Å². The van der Waals surface area contributed by atoms with Crippen molar-refractivity contribution < 1.29 is 9.84 Å². The molecule has 96 valence electrons. The molecule has 1 aromatic heterocycles. The molecule has 0 aliphatic heterocycles. The van der Waals surface area contributed by atoms with E-state index >= 15 is 0 Å². The molecule has 1 aromatic carbocycles. The first-order valence-corrected chi connectivity index (χ1v) is 6.09. The van der Waals surface area contributed by atoms with Gasteiger partial charge in [0.25, 0.3) is 0 Å². The molecule has 0 unspecified atom stereocenters. The number of para-hydroxylation sites is 1. The minimum absolute atomic E-state index is 0.114. The molecular weight excluding hydrogens is 230 g/mol. The van der Waals surface area contributed by atoms with E-state index in [0.29, 0.717) is 24.9 Å². The first kappa shape index (κ1) is 12.6. The maximum atomic E-state index is 8.77. The summed E-state index contributed by atoms with van der Waals surface area (Å²) in [7, 11) is 0. The second-order valence-corrected chi connectivity index (χ2v) is 3.83. The van der Waals surface area contributed by atoms with Crippen LogP contribution in [0.5, 0.6) is 5.88 Å². The van der Waals surface area contributed by atoms with Crippen molar-refractivity contribution in [2.45, 2.75) is 13.3 Å². The second-order valence-electron chi connectivity index (χ2n) is 3.83. The first-order chi connectivity index (χ1) is 8.85. The second kappa shape index (κ2) is 6.16. The van der Waals surface area contributed by atoms with E-state index in [1.54, 1.807) is 0 Å². The Bertz CT molecular complexity index is 517. The molecule has 5 heteroatoms. The highest BCUT2D eigenvalue weighted by atomic mass is 16.5. The Balaban J connectivity index is 2.34. The minimum atomic E-state index is 0.114. The molecule has 0 bridgehead atoms. The van der Waals surface area contributed by atoms with E-state index in [1.807, 2.05) is 31.2 Å². The maximum Gasteiger partial charge on any atom is 0.226 e. The molecule has 0 spiro atoms. The lowest BCUT2D eigenvalue weighted by molar-refractivity contribution is 0.231. The van der Waals surface area contributed by atoms with E-state index in [9.17, 15) is 0 Å². The van der Waals surface area contributed by atoms with Gasteiger partial charge in [-0.3, -0.25) is 0 Å². The maximum absolute atomic E-state index is 8.77. The van der Waals surface area contributed by atoms with Crippen LogP contribution < -0.4 is 10.1 Å². The molecule has 0 aliphatic rings. The topological polar surface area (TPSA) is 67.3 Å². The summed E-state index contributed by atoms with van der Waals surface area (Å²) in [5, 5.41) is 12.7. The van der Waals surface area contributed by atoms with Crippen LogP contribution in [0.4, 0.5) is 5.95 Å². The van der Waals surface area contributed by atoms with Gasteiger partial charge in [-0.15, -0.1) is 0 Å². The summed E-state index contributed by atoms with van der Waals surface area (Å²) < 4.78 is 5.60. The van der Waals surface area contributed by atoms with Gasteiger partial charge in [-0.25, -0.2) is 4.98 Å². The molecule has 0 aliphatic carbocycles. The minimum Gasteiger partial charge on any atom is -0.477 e. The van der Waals surface area contributed by atoms with Crippen LogP contribution in [0, 0.1) is 0 Å². The summed E-state index contributed by atoms with van der Waals surface area (Å²) in [5.41, 5.74) is 0.849. The van der Waals surface area contributed by atoms with Crippen molar-refractivity contribution in [3.8, 4) is 5.88 Å². The zero-order valence-corrected chi connectivity index (χ0v) is 10.4. The van der Waals surface area contributed by atoms with Crippen molar-refractivity contribution in [3.05, 3.63) is 24.3 Å². The van der Waals surface area contributed by atoms with Crippen molar-refractivity contribution in [2.75, 3.05) is 25.1 Å². The summed E-state index contributed by atoms with van der Waals surface area (Å²) in [6.07, 6.45) is 0.592. The molecule has 0 saturated carbocycles. The highest BCUT2D eigenvalue weighted by molar-refractivity contribution is 5.84. The van der Waals surface area contributed by atoms with Gasteiger partial charge in [0.2, 0.25) is 11.8 Å². The molecule has 0 fully saturated rings. The van der Waals surface area contributed by atoms with E-state index in [2.05, 4.69) is 15.3 Å². The monoisotopic (exact) mass is 247 g/mol. The van der Waals surface area contributed by atoms with Gasteiger partial charge in [-0.05, 0) is 19.1 Å². The molecule has 2 aromatic rings. The standard InChI is InChI=1S/C13H17N3O2/c1-2-14-13-15-11-7-4-3-6-10(11)12(16-13)18-9-5-8-17/h3-4,6-7,17H,2,5,8-9H2,1H3,(H,14,15,16). The Morgan fingerprint density at radius 3 is 2.89 bits per heavy atom. The number of aliphatic hydroxyl groups excluding tert-OH is 1. The quantitative estimate of drug-likeness (QED) is 0.762. The largest absolute Gasteiger partial charge is 0.477 e. The Kier molecular flexibility index (Phi) is 4.30. The molecule has 0 radical (unpaired) electrons. The fraction of sp³-hybridized carbons (Fsp3) is 0.385. The van der Waals surface area contributed by atoms with Gasteiger partial charge in [-0.2, -0.15) is 4.98 Å². The fourth-order valence-corrected chi connectivity index (χ4v) is 1.63. The van der Waals surface area contributed by atoms with Crippen LogP contribution in [0.1, 0.15) is 13.3 Å². The van der Waals surface area contributed by atoms with Crippen molar-refractivity contribution in [2.24, 2.45) is 0 Å². The summed E-state index contributed by atoms with van der Waals surface area (Å²) >= 11 is 0. The van der Waals surface area contributed by atoms with Gasteiger partial charge in [0.05, 0.1) is 17.5 Å². The number of nitrogens with one attached hydrogen (secondary N) is 1. The number of hydrogen-bond acceptors (Lipinski definition) is 5. The smallest absolute Gasteiger partial charge is 0.226 e. The van der Waals surface area contributed by atoms with Crippen LogP contribution in [0.2, 0.25) is 0 Å². The number of nitrogens with zero attached hydrogens (tertiary/aromatic N) is 2. The molecule has 0 atom stereocenters. The average molecular weight is 247 g/mol. The van der Waals surface area contributed by atoms with Crippen LogP contribution in [0.15, 0.2) is 24.3 Å². The Morgan fingerprint density at radius 2 is 2.11 bits per heavy atom. The zero-order valence-electron chi connectivity index (χ0n) is 10.4. The zero-order chi connectivity index (χ0) is 12.8. The molecule has 0 amide bonds. The third kappa shape index (κ3) is 2.87. The van der Waals surface area contributed by atoms with Crippen LogP contribution in [0.3, 0.4) is 0 Å². The van der Waals surface area contributed by atoms with E-state index in [0.717, 1.165) is 17.4 Å². The number of aromatic nitrogens is 2. The SMILES string of the molecule is CCNc1nc(OCCCO)c2ccccc2n1. The predicted molar refractivity (Wildman–Crippen MR) is 70.9 cm³/mol. The molecule has 2 rings (SSSR count). The van der Waals surface area contributed by atoms with Gasteiger partial charge in [0.1, 0.15) is 0 Å². The number of ether oxygens (including phenoxy) is 1. The number of aliphatic hydroxyl groups is 1. The Labute approximate surface area is 106 Å².